The van der Waals surface area contributed by atoms with E-state index < -0.39 is 11.4 Å². The van der Waals surface area contributed by atoms with Crippen molar-refractivity contribution in [3.05, 3.63) is 30.3 Å². The Hall–Kier alpha value is -2.17. The number of amides is 1. The van der Waals surface area contributed by atoms with Gasteiger partial charge in [0.1, 0.15) is 0 Å². The maximum Gasteiger partial charge on any atom is 0.306 e. The van der Waals surface area contributed by atoms with Crippen LogP contribution in [0, 0.1) is 5.41 Å². The van der Waals surface area contributed by atoms with E-state index in [1.807, 2.05) is 18.2 Å². The van der Waals surface area contributed by atoms with Crippen LogP contribution in [0.25, 0.3) is 0 Å². The third-order valence-electron chi connectivity index (χ3n) is 3.44. The number of hydrogen-bond donors (Lipinski definition) is 0. The van der Waals surface area contributed by atoms with E-state index in [2.05, 4.69) is 9.84 Å². The van der Waals surface area contributed by atoms with E-state index in [-0.39, 0.29) is 12.3 Å². The molecular formula is C14H16N2O3. The van der Waals surface area contributed by atoms with E-state index in [4.69, 9.17) is 0 Å². The van der Waals surface area contributed by atoms with Crippen LogP contribution in [-0.4, -0.2) is 24.7 Å². The molecule has 5 nitrogen and oxygen atoms in total. The van der Waals surface area contributed by atoms with Crippen LogP contribution < -0.4 is 5.01 Å². The zero-order chi connectivity index (χ0) is 14.0. The van der Waals surface area contributed by atoms with Gasteiger partial charge >= 0.3 is 5.97 Å². The largest absolute Gasteiger partial charge is 0.469 e. The summed E-state index contributed by atoms with van der Waals surface area (Å²) in [5.41, 5.74) is 0.385. The second-order valence-corrected chi connectivity index (χ2v) is 4.72. The third-order valence-corrected chi connectivity index (χ3v) is 3.44. The number of para-hydroxylation sites is 1. The Balaban J connectivity index is 2.31. The molecule has 0 N–H and O–H groups in total. The van der Waals surface area contributed by atoms with Gasteiger partial charge in [0.05, 0.1) is 30.3 Å². The number of rotatable bonds is 3. The van der Waals surface area contributed by atoms with Gasteiger partial charge in [-0.25, -0.2) is 0 Å². The van der Waals surface area contributed by atoms with Crippen molar-refractivity contribution in [2.24, 2.45) is 10.5 Å². The van der Waals surface area contributed by atoms with Crippen LogP contribution >= 0.6 is 0 Å². The van der Waals surface area contributed by atoms with Gasteiger partial charge in [0.25, 0.3) is 5.91 Å². The quantitative estimate of drug-likeness (QED) is 0.781. The lowest BCUT2D eigenvalue weighted by molar-refractivity contribution is -0.144. The van der Waals surface area contributed by atoms with Crippen LogP contribution in [0.4, 0.5) is 5.69 Å². The first kappa shape index (κ1) is 13.3. The second kappa shape index (κ2) is 4.84. The first-order chi connectivity index (χ1) is 8.99. The molecule has 0 radical (unpaired) electrons. The van der Waals surface area contributed by atoms with Gasteiger partial charge in [-0.2, -0.15) is 10.1 Å². The Kier molecular flexibility index (Phi) is 3.38. The number of carbonyl (C=O) groups is 2. The van der Waals surface area contributed by atoms with Gasteiger partial charge in [-0.05, 0) is 26.0 Å². The molecule has 2 rings (SSSR count). The van der Waals surface area contributed by atoms with Crippen molar-refractivity contribution in [1.29, 1.82) is 0 Å². The van der Waals surface area contributed by atoms with Crippen molar-refractivity contribution >= 4 is 23.3 Å². The zero-order valence-corrected chi connectivity index (χ0v) is 11.2. The predicted octanol–water partition coefficient (Wildman–Crippen LogP) is 1.98. The smallest absolute Gasteiger partial charge is 0.306 e. The Morgan fingerprint density at radius 2 is 2.00 bits per heavy atom. The van der Waals surface area contributed by atoms with E-state index in [1.165, 1.54) is 12.1 Å². The minimum atomic E-state index is -0.928. The molecule has 5 heteroatoms. The molecule has 0 fully saturated rings. The molecule has 1 aromatic carbocycles. The van der Waals surface area contributed by atoms with Gasteiger partial charge in [-0.1, -0.05) is 18.2 Å². The number of esters is 1. The second-order valence-electron chi connectivity index (χ2n) is 4.72. The number of nitrogens with zero attached hydrogens (tertiary/aromatic N) is 2. The number of benzene rings is 1. The molecule has 0 saturated carbocycles. The van der Waals surface area contributed by atoms with E-state index >= 15 is 0 Å². The summed E-state index contributed by atoms with van der Waals surface area (Å²) in [4.78, 5) is 24.0. The summed E-state index contributed by atoms with van der Waals surface area (Å²) < 4.78 is 4.65. The topological polar surface area (TPSA) is 59.0 Å². The number of carbonyl (C=O) groups excluding carboxylic acids is 2. The van der Waals surface area contributed by atoms with Crippen molar-refractivity contribution in [1.82, 2.24) is 0 Å². The van der Waals surface area contributed by atoms with Gasteiger partial charge in [0, 0.05) is 0 Å². The fourth-order valence-corrected chi connectivity index (χ4v) is 2.00. The average molecular weight is 260 g/mol. The van der Waals surface area contributed by atoms with Gasteiger partial charge in [0.15, 0.2) is 0 Å². The van der Waals surface area contributed by atoms with Gasteiger partial charge in [0.2, 0.25) is 0 Å². The van der Waals surface area contributed by atoms with Crippen LogP contribution in [0.15, 0.2) is 35.4 Å². The summed E-state index contributed by atoms with van der Waals surface area (Å²) >= 11 is 0. The Morgan fingerprint density at radius 3 is 2.58 bits per heavy atom. The van der Waals surface area contributed by atoms with Crippen molar-refractivity contribution in [2.45, 2.75) is 20.3 Å². The van der Waals surface area contributed by atoms with Crippen molar-refractivity contribution < 1.29 is 14.3 Å². The van der Waals surface area contributed by atoms with Gasteiger partial charge < -0.3 is 4.74 Å². The summed E-state index contributed by atoms with van der Waals surface area (Å²) in [5.74, 6) is -0.623. The molecule has 0 aliphatic carbocycles. The molecule has 0 spiro atoms. The molecule has 1 atom stereocenters. The molecule has 0 unspecified atom stereocenters. The van der Waals surface area contributed by atoms with E-state index in [1.54, 1.807) is 26.0 Å². The highest BCUT2D eigenvalue weighted by molar-refractivity contribution is 6.19. The number of methoxy groups -OCH3 is 1. The molecule has 1 aliphatic rings. The van der Waals surface area contributed by atoms with Crippen LogP contribution in [0.3, 0.4) is 0 Å². The molecule has 1 heterocycles. The highest BCUT2D eigenvalue weighted by atomic mass is 16.5. The minimum Gasteiger partial charge on any atom is -0.469 e. The van der Waals surface area contributed by atoms with Crippen molar-refractivity contribution in [3.8, 4) is 0 Å². The summed E-state index contributed by atoms with van der Waals surface area (Å²) in [6.45, 7) is 3.47. The normalized spacial score (nSPS) is 22.4. The number of hydrazone groups is 1. The highest BCUT2D eigenvalue weighted by Crippen LogP contribution is 2.35. The maximum atomic E-state index is 12.5. The van der Waals surface area contributed by atoms with Crippen LogP contribution in [-0.2, 0) is 14.3 Å². The molecule has 100 valence electrons. The number of anilines is 1. The summed E-state index contributed by atoms with van der Waals surface area (Å²) in [6, 6.07) is 9.15. The lowest BCUT2D eigenvalue weighted by Crippen LogP contribution is -2.38. The van der Waals surface area contributed by atoms with Crippen LogP contribution in [0.5, 0.6) is 0 Å². The van der Waals surface area contributed by atoms with Crippen molar-refractivity contribution in [3.63, 3.8) is 0 Å². The van der Waals surface area contributed by atoms with Crippen molar-refractivity contribution in [2.75, 3.05) is 12.1 Å². The summed E-state index contributed by atoms with van der Waals surface area (Å²) in [5, 5.41) is 5.62. The van der Waals surface area contributed by atoms with Gasteiger partial charge in [-0.15, -0.1) is 0 Å². The zero-order valence-electron chi connectivity index (χ0n) is 11.2. The Morgan fingerprint density at radius 1 is 1.37 bits per heavy atom. The standard InChI is InChI=1S/C14H16N2O3/c1-10-14(2,9-12(17)19-3)13(18)16(15-10)11-7-5-4-6-8-11/h4-8H,9H2,1-3H3/t14-/m1/s1. The lowest BCUT2D eigenvalue weighted by atomic mass is 9.82. The maximum absolute atomic E-state index is 12.5. The highest BCUT2D eigenvalue weighted by Gasteiger charge is 2.47. The fraction of sp³-hybridized carbons (Fsp3) is 0.357. The summed E-state index contributed by atoms with van der Waals surface area (Å²) in [7, 11) is 1.31. The molecule has 0 aromatic heterocycles. The first-order valence-corrected chi connectivity index (χ1v) is 6.01. The minimum absolute atomic E-state index is 0.000992. The molecule has 0 saturated heterocycles. The lowest BCUT2D eigenvalue weighted by Gasteiger charge is -2.22. The Labute approximate surface area is 111 Å². The predicted molar refractivity (Wildman–Crippen MR) is 71.8 cm³/mol. The molecule has 0 bridgehead atoms. The van der Waals surface area contributed by atoms with E-state index in [9.17, 15) is 9.59 Å². The summed E-state index contributed by atoms with van der Waals surface area (Å²) in [6.07, 6.45) is 0.000992. The fourth-order valence-electron chi connectivity index (χ4n) is 2.00. The van der Waals surface area contributed by atoms with Gasteiger partial charge in [-0.3, -0.25) is 9.59 Å². The molecule has 1 aliphatic heterocycles. The average Bonchev–Trinajstić information content (AvgIpc) is 2.64. The van der Waals surface area contributed by atoms with E-state index in [0.29, 0.717) is 11.4 Å². The van der Waals surface area contributed by atoms with E-state index in [0.717, 1.165) is 0 Å². The number of hydrogen-bond acceptors (Lipinski definition) is 4. The van der Waals surface area contributed by atoms with Crippen LogP contribution in [0.2, 0.25) is 0 Å². The van der Waals surface area contributed by atoms with Crippen LogP contribution in [0.1, 0.15) is 20.3 Å². The molecular weight excluding hydrogens is 244 g/mol. The molecule has 1 aromatic rings. The molecule has 1 amide bonds. The first-order valence-electron chi connectivity index (χ1n) is 6.01. The monoisotopic (exact) mass is 260 g/mol. The third kappa shape index (κ3) is 2.23. The Bertz CT molecular complexity index is 539. The SMILES string of the molecule is COC(=O)C[C@@]1(C)C(=O)N(c2ccccc2)N=C1C. The molecule has 19 heavy (non-hydrogen) atoms. The number of ether oxygens (including phenoxy) is 1.